The van der Waals surface area contributed by atoms with Crippen LogP contribution < -0.4 is 0 Å². The van der Waals surface area contributed by atoms with Crippen LogP contribution in [0.5, 0.6) is 0 Å². The summed E-state index contributed by atoms with van der Waals surface area (Å²) in [7, 11) is -0.612. The van der Waals surface area contributed by atoms with Crippen LogP contribution in [-0.4, -0.2) is 8.80 Å². The fourth-order valence-corrected chi connectivity index (χ4v) is 8.51. The van der Waals surface area contributed by atoms with Gasteiger partial charge in [0.2, 0.25) is 0 Å². The summed E-state index contributed by atoms with van der Waals surface area (Å²) in [5.41, 5.74) is 3.11. The van der Waals surface area contributed by atoms with Gasteiger partial charge >= 0.3 is 0 Å². The van der Waals surface area contributed by atoms with Gasteiger partial charge in [0.05, 0.1) is 5.02 Å². The monoisotopic (exact) mass is 440 g/mol. The molecule has 1 aliphatic rings. The second-order valence-electron chi connectivity index (χ2n) is 8.36. The van der Waals surface area contributed by atoms with Gasteiger partial charge in [-0.25, -0.2) is 8.78 Å². The van der Waals surface area contributed by atoms with Gasteiger partial charge in [0.15, 0.2) is 0 Å². The van der Waals surface area contributed by atoms with Crippen molar-refractivity contribution in [2.45, 2.75) is 50.2 Å². The van der Waals surface area contributed by atoms with E-state index in [0.717, 1.165) is 18.4 Å². The van der Waals surface area contributed by atoms with Gasteiger partial charge < -0.3 is 0 Å². The summed E-state index contributed by atoms with van der Waals surface area (Å²) in [6, 6.07) is 22.1. The Balaban J connectivity index is 1.72. The number of rotatable bonds is 5. The maximum absolute atomic E-state index is 15.8. The Bertz CT molecular complexity index is 1030. The minimum absolute atomic E-state index is 0.0736. The van der Waals surface area contributed by atoms with E-state index in [1.165, 1.54) is 30.6 Å². The van der Waals surface area contributed by atoms with E-state index in [-0.39, 0.29) is 10.8 Å². The van der Waals surface area contributed by atoms with E-state index >= 15 is 4.39 Å². The minimum Gasteiger partial charge on any atom is -0.206 e. The summed E-state index contributed by atoms with van der Waals surface area (Å²) in [6.07, 6.45) is 3.48. The molecule has 0 amide bonds. The smallest absolute Gasteiger partial charge is 0.149 e. The van der Waals surface area contributed by atoms with E-state index in [9.17, 15) is 4.39 Å². The first-order chi connectivity index (χ1) is 14.6. The van der Waals surface area contributed by atoms with Crippen molar-refractivity contribution in [2.24, 2.45) is 0 Å². The molecule has 0 unspecified atom stereocenters. The minimum atomic E-state index is -0.612. The van der Waals surface area contributed by atoms with E-state index in [0.29, 0.717) is 28.2 Å². The number of hydrogen-bond donors (Lipinski definition) is 0. The third-order valence-corrected chi connectivity index (χ3v) is 10.5. The van der Waals surface area contributed by atoms with Crippen LogP contribution in [0.15, 0.2) is 60.7 Å². The highest BCUT2D eigenvalue weighted by atomic mass is 35.5. The van der Waals surface area contributed by atoms with Crippen molar-refractivity contribution in [1.29, 1.82) is 0 Å². The summed E-state index contributed by atoms with van der Waals surface area (Å²) in [4.78, 5) is 0. The molecule has 1 heterocycles. The highest BCUT2D eigenvalue weighted by Crippen LogP contribution is 2.41. The lowest BCUT2D eigenvalue weighted by molar-refractivity contribution is 0.546. The Labute approximate surface area is 184 Å². The molecule has 156 valence electrons. The van der Waals surface area contributed by atoms with Gasteiger partial charge in [0.1, 0.15) is 11.6 Å². The second kappa shape index (κ2) is 9.45. The first-order valence-electron chi connectivity index (χ1n) is 10.9. The molecule has 0 aromatic heterocycles. The van der Waals surface area contributed by atoms with Crippen molar-refractivity contribution in [3.8, 4) is 22.3 Å². The quantitative estimate of drug-likeness (QED) is 0.349. The molecule has 4 rings (SSSR count). The van der Waals surface area contributed by atoms with Crippen LogP contribution >= 0.6 is 11.6 Å². The topological polar surface area (TPSA) is 0 Å². The van der Waals surface area contributed by atoms with Gasteiger partial charge in [-0.1, -0.05) is 97.7 Å². The first kappa shape index (κ1) is 21.3. The van der Waals surface area contributed by atoms with Gasteiger partial charge in [0, 0.05) is 19.9 Å². The number of halogens is 3. The Kier molecular flexibility index (Phi) is 6.70. The van der Waals surface area contributed by atoms with Crippen molar-refractivity contribution >= 4 is 20.4 Å². The first-order valence-corrected chi connectivity index (χ1v) is 13.7. The molecule has 0 spiro atoms. The molecule has 0 aliphatic carbocycles. The van der Waals surface area contributed by atoms with Crippen LogP contribution in [0.2, 0.25) is 23.2 Å². The average molecular weight is 441 g/mol. The van der Waals surface area contributed by atoms with Gasteiger partial charge in [-0.2, -0.15) is 0 Å². The lowest BCUT2D eigenvalue weighted by atomic mass is 9.88. The molecule has 0 radical (unpaired) electrons. The van der Waals surface area contributed by atoms with E-state index in [1.807, 2.05) is 36.4 Å². The molecule has 3 aromatic rings. The molecule has 0 N–H and O–H groups in total. The zero-order chi connectivity index (χ0) is 21.1. The van der Waals surface area contributed by atoms with Crippen molar-refractivity contribution in [2.75, 3.05) is 0 Å². The standard InChI is InChI=1S/C26H27ClF2Si/c1-2-15-30-16-13-18(14-17-30)19-9-5-10-22(25(19)28)20-7-3-4-8-21(20)23-11-6-12-24(27)26(23)29/h3-12,18,30H,2,13-17H2,1H3/t18-,30-. The number of hydrogen-bond acceptors (Lipinski definition) is 0. The van der Waals surface area contributed by atoms with Crippen LogP contribution in [0, 0.1) is 11.6 Å². The van der Waals surface area contributed by atoms with Crippen LogP contribution in [-0.2, 0) is 0 Å². The van der Waals surface area contributed by atoms with E-state index in [2.05, 4.69) is 6.92 Å². The highest BCUT2D eigenvalue weighted by molar-refractivity contribution is 6.59. The van der Waals surface area contributed by atoms with Crippen LogP contribution in [0.25, 0.3) is 22.3 Å². The van der Waals surface area contributed by atoms with E-state index in [4.69, 9.17) is 11.6 Å². The van der Waals surface area contributed by atoms with E-state index < -0.39 is 14.6 Å². The second-order valence-corrected chi connectivity index (χ2v) is 12.2. The van der Waals surface area contributed by atoms with Gasteiger partial charge in [-0.05, 0) is 41.5 Å². The lowest BCUT2D eigenvalue weighted by Gasteiger charge is -2.28. The normalized spacial score (nSPS) is 19.1. The zero-order valence-electron chi connectivity index (χ0n) is 17.3. The molecule has 0 nitrogen and oxygen atoms in total. The molecule has 0 saturated carbocycles. The fraction of sp³-hybridized carbons (Fsp3) is 0.308. The third kappa shape index (κ3) is 4.24. The zero-order valence-corrected chi connectivity index (χ0v) is 19.2. The van der Waals surface area contributed by atoms with Crippen LogP contribution in [0.3, 0.4) is 0 Å². The average Bonchev–Trinajstić information content (AvgIpc) is 2.77. The molecule has 3 aromatic carbocycles. The summed E-state index contributed by atoms with van der Waals surface area (Å²) in [5.74, 6) is -0.337. The summed E-state index contributed by atoms with van der Waals surface area (Å²) in [6.45, 7) is 2.27. The Morgan fingerprint density at radius 3 is 2.00 bits per heavy atom. The molecule has 1 saturated heterocycles. The SMILES string of the molecule is CCC[Si@H]1CC[C@H](c2cccc(-c3ccccc3-c3cccc(Cl)c3F)c2F)CC1. The Morgan fingerprint density at radius 1 is 0.800 bits per heavy atom. The van der Waals surface area contributed by atoms with Crippen molar-refractivity contribution in [3.05, 3.63) is 82.9 Å². The molecule has 30 heavy (non-hydrogen) atoms. The summed E-state index contributed by atoms with van der Waals surface area (Å²) >= 11 is 6.01. The van der Waals surface area contributed by atoms with Crippen LogP contribution in [0.1, 0.15) is 37.7 Å². The number of benzene rings is 3. The van der Waals surface area contributed by atoms with E-state index in [1.54, 1.807) is 18.2 Å². The highest BCUT2D eigenvalue weighted by Gasteiger charge is 2.26. The maximum Gasteiger partial charge on any atom is 0.149 e. The molecule has 1 fully saturated rings. The predicted molar refractivity (Wildman–Crippen MR) is 126 cm³/mol. The van der Waals surface area contributed by atoms with Crippen molar-refractivity contribution in [3.63, 3.8) is 0 Å². The third-order valence-electron chi connectivity index (χ3n) is 6.47. The molecule has 0 atom stereocenters. The lowest BCUT2D eigenvalue weighted by Crippen LogP contribution is -2.20. The van der Waals surface area contributed by atoms with Gasteiger partial charge in [-0.3, -0.25) is 0 Å². The summed E-state index contributed by atoms with van der Waals surface area (Å²) in [5, 5.41) is 0.0736. The summed E-state index contributed by atoms with van der Waals surface area (Å²) < 4.78 is 30.5. The van der Waals surface area contributed by atoms with Crippen molar-refractivity contribution < 1.29 is 8.78 Å². The van der Waals surface area contributed by atoms with Gasteiger partial charge in [0.25, 0.3) is 0 Å². The van der Waals surface area contributed by atoms with Crippen LogP contribution in [0.4, 0.5) is 8.78 Å². The van der Waals surface area contributed by atoms with Crippen molar-refractivity contribution in [1.82, 2.24) is 0 Å². The van der Waals surface area contributed by atoms with Gasteiger partial charge in [-0.15, -0.1) is 0 Å². The molecular weight excluding hydrogens is 414 g/mol. The molecular formula is C26H27ClF2Si. The predicted octanol–water partition coefficient (Wildman–Crippen LogP) is 8.47. The Morgan fingerprint density at radius 2 is 1.37 bits per heavy atom. The molecule has 0 bridgehead atoms. The Hall–Kier alpha value is -1.97. The largest absolute Gasteiger partial charge is 0.206 e. The molecule has 1 aliphatic heterocycles. The fourth-order valence-electron chi connectivity index (χ4n) is 4.91. The maximum atomic E-state index is 15.8. The molecule has 4 heteroatoms.